The molecule has 1 aliphatic heterocycles. The van der Waals surface area contributed by atoms with E-state index in [1.807, 2.05) is 24.3 Å². The number of aryl methyl sites for hydroxylation is 1. The van der Waals surface area contributed by atoms with Gasteiger partial charge in [0.25, 0.3) is 0 Å². The molecule has 0 amide bonds. The normalized spacial score (nSPS) is 14.8. The Morgan fingerprint density at radius 1 is 1.20 bits per heavy atom. The number of nitrogens with zero attached hydrogens (tertiary/aromatic N) is 4. The fourth-order valence-electron chi connectivity index (χ4n) is 3.38. The molecule has 1 N–H and O–H groups in total. The van der Waals surface area contributed by atoms with Crippen LogP contribution in [0.3, 0.4) is 0 Å². The molecule has 1 aromatic carbocycles. The molecule has 0 unspecified atom stereocenters. The van der Waals surface area contributed by atoms with Gasteiger partial charge < -0.3 is 14.4 Å². The van der Waals surface area contributed by atoms with Gasteiger partial charge in [-0.1, -0.05) is 29.8 Å². The lowest BCUT2D eigenvalue weighted by molar-refractivity contribution is 0.0322. The first kappa shape index (κ1) is 22.1. The maximum Gasteiger partial charge on any atom is 0.152 e. The van der Waals surface area contributed by atoms with Crippen LogP contribution in [-0.4, -0.2) is 68.6 Å². The Morgan fingerprint density at radius 2 is 2.00 bits per heavy atom. The van der Waals surface area contributed by atoms with E-state index in [2.05, 4.69) is 53.2 Å². The molecule has 0 aliphatic carbocycles. The van der Waals surface area contributed by atoms with E-state index in [4.69, 9.17) is 14.5 Å². The average molecular weight is 412 g/mol. The first-order valence-electron chi connectivity index (χ1n) is 10.7. The Balaban J connectivity index is 1.67. The molecule has 7 heteroatoms. The van der Waals surface area contributed by atoms with Crippen molar-refractivity contribution in [2.75, 3.05) is 62.9 Å². The minimum Gasteiger partial charge on any atom is -0.492 e. The van der Waals surface area contributed by atoms with Gasteiger partial charge in [0, 0.05) is 44.9 Å². The van der Waals surface area contributed by atoms with Gasteiger partial charge in [0.1, 0.15) is 18.2 Å². The van der Waals surface area contributed by atoms with E-state index in [1.54, 1.807) is 6.21 Å². The monoisotopic (exact) mass is 411 g/mol. The van der Waals surface area contributed by atoms with Crippen LogP contribution < -0.4 is 15.1 Å². The first-order valence-corrected chi connectivity index (χ1v) is 10.7. The second kappa shape index (κ2) is 11.5. The first-order chi connectivity index (χ1) is 14.7. The fraction of sp³-hybridized carbons (Fsp3) is 0.478. The predicted molar refractivity (Wildman–Crippen MR) is 123 cm³/mol. The van der Waals surface area contributed by atoms with Gasteiger partial charge >= 0.3 is 0 Å². The van der Waals surface area contributed by atoms with Crippen LogP contribution in [0.2, 0.25) is 0 Å². The Morgan fingerprint density at radius 3 is 2.73 bits per heavy atom. The lowest BCUT2D eigenvalue weighted by Crippen LogP contribution is -2.38. The van der Waals surface area contributed by atoms with Crippen LogP contribution in [0.4, 0.5) is 11.6 Å². The molecule has 0 saturated carbocycles. The highest BCUT2D eigenvalue weighted by Gasteiger charge is 2.12. The van der Waals surface area contributed by atoms with Crippen LogP contribution in [0.1, 0.15) is 25.0 Å². The van der Waals surface area contributed by atoms with Gasteiger partial charge in [-0.25, -0.2) is 4.98 Å². The second-order valence-corrected chi connectivity index (χ2v) is 7.31. The number of rotatable bonds is 10. The van der Waals surface area contributed by atoms with Crippen molar-refractivity contribution < 1.29 is 9.47 Å². The molecule has 7 nitrogen and oxygen atoms in total. The summed E-state index contributed by atoms with van der Waals surface area (Å²) in [5, 5.41) is 4.37. The number of morpholine rings is 1. The van der Waals surface area contributed by atoms with Crippen molar-refractivity contribution in [2.24, 2.45) is 5.10 Å². The summed E-state index contributed by atoms with van der Waals surface area (Å²) >= 11 is 0. The van der Waals surface area contributed by atoms with Crippen molar-refractivity contribution >= 4 is 17.9 Å². The second-order valence-electron chi connectivity index (χ2n) is 7.31. The Bertz CT molecular complexity index is 817. The van der Waals surface area contributed by atoms with Crippen LogP contribution in [0, 0.1) is 6.92 Å². The summed E-state index contributed by atoms with van der Waals surface area (Å²) < 4.78 is 11.5. The van der Waals surface area contributed by atoms with E-state index in [1.165, 1.54) is 5.56 Å². The molecule has 2 heterocycles. The molecule has 1 saturated heterocycles. The molecule has 30 heavy (non-hydrogen) atoms. The van der Waals surface area contributed by atoms with Crippen molar-refractivity contribution in [3.8, 4) is 5.75 Å². The predicted octanol–water partition coefficient (Wildman–Crippen LogP) is 3.39. The smallest absolute Gasteiger partial charge is 0.152 e. The number of benzene rings is 1. The highest BCUT2D eigenvalue weighted by Crippen LogP contribution is 2.23. The van der Waals surface area contributed by atoms with E-state index < -0.39 is 0 Å². The minimum atomic E-state index is 0.633. The number of hydrazone groups is 1. The van der Waals surface area contributed by atoms with Gasteiger partial charge in [-0.2, -0.15) is 5.10 Å². The van der Waals surface area contributed by atoms with Crippen LogP contribution >= 0.6 is 0 Å². The minimum absolute atomic E-state index is 0.633. The summed E-state index contributed by atoms with van der Waals surface area (Å²) in [6, 6.07) is 12.1. The van der Waals surface area contributed by atoms with Crippen molar-refractivity contribution in [3.05, 3.63) is 47.5 Å². The largest absolute Gasteiger partial charge is 0.492 e. The zero-order valence-corrected chi connectivity index (χ0v) is 18.3. The van der Waals surface area contributed by atoms with Crippen molar-refractivity contribution in [2.45, 2.75) is 20.8 Å². The molecule has 0 atom stereocenters. The van der Waals surface area contributed by atoms with E-state index in [9.17, 15) is 0 Å². The maximum absolute atomic E-state index is 6.07. The third-order valence-electron chi connectivity index (χ3n) is 5.09. The molecule has 1 aromatic heterocycles. The van der Waals surface area contributed by atoms with Crippen LogP contribution in [0.25, 0.3) is 0 Å². The van der Waals surface area contributed by atoms with E-state index in [0.717, 1.165) is 63.1 Å². The van der Waals surface area contributed by atoms with Gasteiger partial charge in [0.15, 0.2) is 5.82 Å². The standard InChI is InChI=1S/C23H33N5O2/c1-4-28(5-2)23-17-21(30-14-11-27-9-12-29-13-10-27)16-22(25-23)26-24-18-20-8-6-7-19(3)15-20/h6-8,15-18H,4-5,9-14H2,1-3H3,(H,25,26)/b24-18+. The fourth-order valence-corrected chi connectivity index (χ4v) is 3.38. The molecule has 2 aromatic rings. The zero-order chi connectivity index (χ0) is 21.2. The molecular weight excluding hydrogens is 378 g/mol. The number of anilines is 2. The molecular formula is C23H33N5O2. The van der Waals surface area contributed by atoms with E-state index >= 15 is 0 Å². The highest BCUT2D eigenvalue weighted by atomic mass is 16.5. The number of hydrogen-bond donors (Lipinski definition) is 1. The van der Waals surface area contributed by atoms with Gasteiger partial charge in [-0.3, -0.25) is 10.3 Å². The summed E-state index contributed by atoms with van der Waals surface area (Å²) in [5.41, 5.74) is 5.31. The number of ether oxygens (including phenoxy) is 2. The molecule has 1 aliphatic rings. The number of nitrogens with one attached hydrogen (secondary N) is 1. The summed E-state index contributed by atoms with van der Waals surface area (Å²) in [7, 11) is 0. The van der Waals surface area contributed by atoms with Gasteiger partial charge in [-0.05, 0) is 26.3 Å². The van der Waals surface area contributed by atoms with E-state index in [-0.39, 0.29) is 0 Å². The lowest BCUT2D eigenvalue weighted by Gasteiger charge is -2.26. The maximum atomic E-state index is 6.07. The van der Waals surface area contributed by atoms with Crippen molar-refractivity contribution in [1.82, 2.24) is 9.88 Å². The Hall–Kier alpha value is -2.64. The topological polar surface area (TPSA) is 62.2 Å². The Labute approximate surface area is 179 Å². The third kappa shape index (κ3) is 6.71. The molecule has 162 valence electrons. The third-order valence-corrected chi connectivity index (χ3v) is 5.09. The molecule has 3 rings (SSSR count). The lowest BCUT2D eigenvalue weighted by atomic mass is 10.2. The summed E-state index contributed by atoms with van der Waals surface area (Å²) in [4.78, 5) is 9.28. The quantitative estimate of drug-likeness (QED) is 0.478. The SMILES string of the molecule is CCN(CC)c1cc(OCCN2CCOCC2)cc(N/N=C/c2cccc(C)c2)n1. The summed E-state index contributed by atoms with van der Waals surface area (Å²) in [5.74, 6) is 2.36. The number of aromatic nitrogens is 1. The van der Waals surface area contributed by atoms with E-state index in [0.29, 0.717) is 12.4 Å². The van der Waals surface area contributed by atoms with Crippen molar-refractivity contribution in [1.29, 1.82) is 0 Å². The van der Waals surface area contributed by atoms with Gasteiger partial charge in [0.2, 0.25) is 0 Å². The number of hydrogen-bond acceptors (Lipinski definition) is 7. The molecule has 1 fully saturated rings. The zero-order valence-electron chi connectivity index (χ0n) is 18.3. The Kier molecular flexibility index (Phi) is 8.47. The number of pyridine rings is 1. The summed E-state index contributed by atoms with van der Waals surface area (Å²) in [6.07, 6.45) is 1.80. The van der Waals surface area contributed by atoms with Crippen molar-refractivity contribution in [3.63, 3.8) is 0 Å². The van der Waals surface area contributed by atoms with Crippen LogP contribution in [-0.2, 0) is 4.74 Å². The van der Waals surface area contributed by atoms with Gasteiger partial charge in [0.05, 0.1) is 19.4 Å². The molecule has 0 spiro atoms. The summed E-state index contributed by atoms with van der Waals surface area (Å²) in [6.45, 7) is 13.1. The van der Waals surface area contributed by atoms with Gasteiger partial charge in [-0.15, -0.1) is 0 Å². The highest BCUT2D eigenvalue weighted by molar-refractivity contribution is 5.80. The molecule has 0 radical (unpaired) electrons. The molecule has 0 bridgehead atoms. The van der Waals surface area contributed by atoms with Crippen LogP contribution in [0.15, 0.2) is 41.5 Å². The average Bonchev–Trinajstić information content (AvgIpc) is 2.75. The van der Waals surface area contributed by atoms with Crippen LogP contribution in [0.5, 0.6) is 5.75 Å².